The van der Waals surface area contributed by atoms with Gasteiger partial charge in [0.25, 0.3) is 0 Å². The molecule has 0 saturated carbocycles. The highest BCUT2D eigenvalue weighted by molar-refractivity contribution is 9.09. The van der Waals surface area contributed by atoms with Gasteiger partial charge in [0.1, 0.15) is 0 Å². The van der Waals surface area contributed by atoms with Crippen molar-refractivity contribution in [3.63, 3.8) is 0 Å². The molecular weight excluding hydrogens is 276 g/mol. The van der Waals surface area contributed by atoms with Gasteiger partial charge in [-0.25, -0.2) is 4.98 Å². The van der Waals surface area contributed by atoms with Gasteiger partial charge >= 0.3 is 0 Å². The number of thiazole rings is 1. The monoisotopic (exact) mass is 288 g/mol. The number of nitrogens with zero attached hydrogens (tertiary/aromatic N) is 2. The molecular formula is C10H13BrN2OS. The minimum atomic E-state index is 0.288. The molecule has 1 aromatic heterocycles. The molecule has 15 heavy (non-hydrogen) atoms. The fourth-order valence-electron chi connectivity index (χ4n) is 1.78. The molecule has 1 unspecified atom stereocenters. The molecule has 2 heterocycles. The largest absolute Gasteiger partial charge is 0.342 e. The van der Waals surface area contributed by atoms with Gasteiger partial charge in [-0.05, 0) is 5.92 Å². The van der Waals surface area contributed by atoms with Crippen molar-refractivity contribution in [2.45, 2.75) is 12.8 Å². The average molecular weight is 289 g/mol. The van der Waals surface area contributed by atoms with Gasteiger partial charge in [0.15, 0.2) is 0 Å². The quantitative estimate of drug-likeness (QED) is 0.794. The highest BCUT2D eigenvalue weighted by Crippen LogP contribution is 2.20. The van der Waals surface area contributed by atoms with Gasteiger partial charge in [0.2, 0.25) is 5.91 Å². The standard InChI is InChI=1S/C10H13BrN2OS/c11-6-8-5-10(14)13(7-8)3-1-9-12-2-4-15-9/h2,4,8H,1,3,5-7H2. The summed E-state index contributed by atoms with van der Waals surface area (Å²) < 4.78 is 0. The van der Waals surface area contributed by atoms with Crippen molar-refractivity contribution in [2.24, 2.45) is 5.92 Å². The number of hydrogen-bond donors (Lipinski definition) is 0. The van der Waals surface area contributed by atoms with Gasteiger partial charge in [-0.15, -0.1) is 11.3 Å². The Morgan fingerprint density at radius 1 is 1.67 bits per heavy atom. The van der Waals surface area contributed by atoms with E-state index in [1.165, 1.54) is 0 Å². The highest BCUT2D eigenvalue weighted by atomic mass is 79.9. The van der Waals surface area contributed by atoms with Crippen LogP contribution in [0.3, 0.4) is 0 Å². The number of carbonyl (C=O) groups is 1. The lowest BCUT2D eigenvalue weighted by Gasteiger charge is -2.14. The maximum atomic E-state index is 11.6. The Bertz CT molecular complexity index is 328. The van der Waals surface area contributed by atoms with Crippen LogP contribution in [0.15, 0.2) is 11.6 Å². The summed E-state index contributed by atoms with van der Waals surface area (Å²) in [6.07, 6.45) is 3.40. The van der Waals surface area contributed by atoms with Crippen LogP contribution in [0.4, 0.5) is 0 Å². The molecule has 1 aromatic rings. The number of carbonyl (C=O) groups excluding carboxylic acids is 1. The zero-order valence-corrected chi connectivity index (χ0v) is 10.8. The Morgan fingerprint density at radius 2 is 2.53 bits per heavy atom. The van der Waals surface area contributed by atoms with Crippen LogP contribution in [0.1, 0.15) is 11.4 Å². The van der Waals surface area contributed by atoms with Gasteiger partial charge in [-0.1, -0.05) is 15.9 Å². The van der Waals surface area contributed by atoms with Crippen molar-refractivity contribution in [1.82, 2.24) is 9.88 Å². The topological polar surface area (TPSA) is 33.2 Å². The van der Waals surface area contributed by atoms with E-state index in [1.54, 1.807) is 11.3 Å². The first kappa shape index (κ1) is 11.1. The lowest BCUT2D eigenvalue weighted by Crippen LogP contribution is -2.27. The molecule has 0 aromatic carbocycles. The molecule has 1 atom stereocenters. The van der Waals surface area contributed by atoms with E-state index in [-0.39, 0.29) is 5.91 Å². The van der Waals surface area contributed by atoms with E-state index in [0.717, 1.165) is 29.8 Å². The minimum Gasteiger partial charge on any atom is -0.342 e. The third-order valence-corrected chi connectivity index (χ3v) is 4.35. The molecule has 5 heteroatoms. The highest BCUT2D eigenvalue weighted by Gasteiger charge is 2.28. The van der Waals surface area contributed by atoms with Crippen LogP contribution in [-0.2, 0) is 11.2 Å². The maximum Gasteiger partial charge on any atom is 0.222 e. The summed E-state index contributed by atoms with van der Waals surface area (Å²) in [5.74, 6) is 0.782. The van der Waals surface area contributed by atoms with E-state index in [2.05, 4.69) is 20.9 Å². The Hall–Kier alpha value is -0.420. The molecule has 1 aliphatic rings. The summed E-state index contributed by atoms with van der Waals surface area (Å²) in [7, 11) is 0. The second-order valence-corrected chi connectivity index (χ2v) is 5.37. The molecule has 0 spiro atoms. The first-order valence-electron chi connectivity index (χ1n) is 5.01. The van der Waals surface area contributed by atoms with E-state index in [0.29, 0.717) is 12.3 Å². The SMILES string of the molecule is O=C1CC(CBr)CN1CCc1nccs1. The number of hydrogen-bond acceptors (Lipinski definition) is 3. The smallest absolute Gasteiger partial charge is 0.222 e. The second kappa shape index (κ2) is 5.07. The third kappa shape index (κ3) is 2.78. The molecule has 1 aliphatic heterocycles. The van der Waals surface area contributed by atoms with Crippen LogP contribution < -0.4 is 0 Å². The van der Waals surface area contributed by atoms with Gasteiger partial charge < -0.3 is 4.90 Å². The van der Waals surface area contributed by atoms with Crippen LogP contribution in [-0.4, -0.2) is 34.2 Å². The van der Waals surface area contributed by atoms with Crippen molar-refractivity contribution in [1.29, 1.82) is 0 Å². The minimum absolute atomic E-state index is 0.288. The van der Waals surface area contributed by atoms with Crippen LogP contribution in [0.2, 0.25) is 0 Å². The van der Waals surface area contributed by atoms with Crippen molar-refractivity contribution in [2.75, 3.05) is 18.4 Å². The Balaban J connectivity index is 1.83. The normalized spacial score (nSPS) is 21.3. The lowest BCUT2D eigenvalue weighted by molar-refractivity contribution is -0.127. The van der Waals surface area contributed by atoms with E-state index < -0.39 is 0 Å². The van der Waals surface area contributed by atoms with Crippen LogP contribution >= 0.6 is 27.3 Å². The summed E-state index contributed by atoms with van der Waals surface area (Å²) in [5, 5.41) is 4.01. The van der Waals surface area contributed by atoms with Crippen molar-refractivity contribution < 1.29 is 4.79 Å². The number of alkyl halides is 1. The molecule has 82 valence electrons. The molecule has 1 amide bonds. The van der Waals surface area contributed by atoms with Crippen LogP contribution in [0.5, 0.6) is 0 Å². The maximum absolute atomic E-state index is 11.6. The molecule has 0 N–H and O–H groups in total. The van der Waals surface area contributed by atoms with Gasteiger partial charge in [0, 0.05) is 42.8 Å². The van der Waals surface area contributed by atoms with Crippen molar-refractivity contribution >= 4 is 33.2 Å². The van der Waals surface area contributed by atoms with E-state index in [9.17, 15) is 4.79 Å². The van der Waals surface area contributed by atoms with Gasteiger partial charge in [-0.3, -0.25) is 4.79 Å². The van der Waals surface area contributed by atoms with Crippen molar-refractivity contribution in [3.05, 3.63) is 16.6 Å². The number of aromatic nitrogens is 1. The Labute approximate surface area is 102 Å². The van der Waals surface area contributed by atoms with Crippen LogP contribution in [0, 0.1) is 5.92 Å². The number of rotatable bonds is 4. The van der Waals surface area contributed by atoms with E-state index in [1.807, 2.05) is 16.5 Å². The van der Waals surface area contributed by atoms with Crippen LogP contribution in [0.25, 0.3) is 0 Å². The summed E-state index contributed by atoms with van der Waals surface area (Å²) in [4.78, 5) is 17.8. The summed E-state index contributed by atoms with van der Waals surface area (Å²) >= 11 is 5.09. The molecule has 1 saturated heterocycles. The summed E-state index contributed by atoms with van der Waals surface area (Å²) in [6, 6.07) is 0. The molecule has 1 fully saturated rings. The number of amides is 1. The zero-order chi connectivity index (χ0) is 10.7. The predicted octanol–water partition coefficient (Wildman–Crippen LogP) is 1.93. The third-order valence-electron chi connectivity index (χ3n) is 2.59. The number of halogens is 1. The first-order chi connectivity index (χ1) is 7.29. The molecule has 0 aliphatic carbocycles. The predicted molar refractivity (Wildman–Crippen MR) is 64.3 cm³/mol. The lowest BCUT2D eigenvalue weighted by atomic mass is 10.2. The average Bonchev–Trinajstić information content (AvgIpc) is 2.84. The Kier molecular flexibility index (Phi) is 3.75. The van der Waals surface area contributed by atoms with E-state index >= 15 is 0 Å². The molecule has 3 nitrogen and oxygen atoms in total. The molecule has 0 radical (unpaired) electrons. The summed E-state index contributed by atoms with van der Waals surface area (Å²) in [6.45, 7) is 1.71. The fraction of sp³-hybridized carbons (Fsp3) is 0.600. The van der Waals surface area contributed by atoms with Gasteiger partial charge in [-0.2, -0.15) is 0 Å². The second-order valence-electron chi connectivity index (χ2n) is 3.74. The molecule has 0 bridgehead atoms. The van der Waals surface area contributed by atoms with Gasteiger partial charge in [0.05, 0.1) is 5.01 Å². The fourth-order valence-corrected chi connectivity index (χ4v) is 2.82. The summed E-state index contributed by atoms with van der Waals surface area (Å²) in [5.41, 5.74) is 0. The van der Waals surface area contributed by atoms with E-state index in [4.69, 9.17) is 0 Å². The Morgan fingerprint density at radius 3 is 3.13 bits per heavy atom. The van der Waals surface area contributed by atoms with Crippen molar-refractivity contribution in [3.8, 4) is 0 Å². The zero-order valence-electron chi connectivity index (χ0n) is 8.36. The number of likely N-dealkylation sites (tertiary alicyclic amines) is 1. The molecule has 2 rings (SSSR count). The first-order valence-corrected chi connectivity index (χ1v) is 7.02.